The minimum Gasteiger partial charge on any atom is -0.481 e. The van der Waals surface area contributed by atoms with Gasteiger partial charge in [-0.1, -0.05) is 51.4 Å². The molecule has 0 radical (unpaired) electrons. The molecule has 4 N–H and O–H groups in total. The number of carbonyl (C=O) groups excluding carboxylic acids is 3. The Morgan fingerprint density at radius 3 is 1.77 bits per heavy atom. The third kappa shape index (κ3) is 25.5. The molecule has 0 aromatic heterocycles. The van der Waals surface area contributed by atoms with E-state index >= 15 is 0 Å². The number of ether oxygens (including phenoxy) is 2. The van der Waals surface area contributed by atoms with E-state index in [0.29, 0.717) is 32.6 Å². The number of aliphatic carboxylic acids is 2. The second-order valence-corrected chi connectivity index (χ2v) is 9.69. The van der Waals surface area contributed by atoms with Crippen molar-refractivity contribution < 1.29 is 43.7 Å². The fourth-order valence-electron chi connectivity index (χ4n) is 3.93. The summed E-state index contributed by atoms with van der Waals surface area (Å²) in [6.07, 6.45) is 11.3. The molecule has 0 unspecified atom stereocenters. The van der Waals surface area contributed by atoms with Crippen LogP contribution in [-0.4, -0.2) is 78.8 Å². The number of rotatable bonds is 28. The molecule has 0 fully saturated rings. The summed E-state index contributed by atoms with van der Waals surface area (Å²) in [6.45, 7) is 3.33. The highest BCUT2D eigenvalue weighted by Gasteiger charge is 2.20. The first-order valence-corrected chi connectivity index (χ1v) is 14.4. The second kappa shape index (κ2) is 25.7. The van der Waals surface area contributed by atoms with E-state index in [1.165, 1.54) is 0 Å². The largest absolute Gasteiger partial charge is 0.481 e. The summed E-state index contributed by atoms with van der Waals surface area (Å²) in [5, 5.41) is 23.1. The molecule has 0 saturated carbocycles. The summed E-state index contributed by atoms with van der Waals surface area (Å²) < 4.78 is 10.5. The van der Waals surface area contributed by atoms with E-state index < -0.39 is 18.0 Å². The van der Waals surface area contributed by atoms with Crippen molar-refractivity contribution in [1.82, 2.24) is 10.6 Å². The molecule has 0 aromatic carbocycles. The van der Waals surface area contributed by atoms with Crippen LogP contribution in [0, 0.1) is 0 Å². The van der Waals surface area contributed by atoms with E-state index in [1.807, 2.05) is 6.92 Å². The third-order valence-corrected chi connectivity index (χ3v) is 6.11. The van der Waals surface area contributed by atoms with Crippen LogP contribution in [0.5, 0.6) is 0 Å². The molecule has 11 nitrogen and oxygen atoms in total. The summed E-state index contributed by atoms with van der Waals surface area (Å²) in [4.78, 5) is 57.4. The van der Waals surface area contributed by atoms with Gasteiger partial charge in [-0.15, -0.1) is 0 Å². The van der Waals surface area contributed by atoms with Gasteiger partial charge < -0.3 is 30.3 Å². The number of carboxylic acids is 2. The third-order valence-electron chi connectivity index (χ3n) is 6.11. The van der Waals surface area contributed by atoms with Crippen molar-refractivity contribution in [2.45, 2.75) is 116 Å². The average molecular weight is 559 g/mol. The first kappa shape index (κ1) is 36.5. The number of carboxylic acid groups (broad SMARTS) is 2. The molecule has 2 amide bonds. The molecule has 0 saturated heterocycles. The van der Waals surface area contributed by atoms with Crippen molar-refractivity contribution in [1.29, 1.82) is 0 Å². The van der Waals surface area contributed by atoms with Gasteiger partial charge in [0.2, 0.25) is 11.8 Å². The first-order chi connectivity index (χ1) is 18.8. The number of amides is 2. The highest BCUT2D eigenvalue weighted by Crippen LogP contribution is 2.12. The van der Waals surface area contributed by atoms with Crippen LogP contribution >= 0.6 is 0 Å². The Morgan fingerprint density at radius 2 is 1.21 bits per heavy atom. The monoisotopic (exact) mass is 558 g/mol. The maximum absolute atomic E-state index is 12.1. The van der Waals surface area contributed by atoms with Gasteiger partial charge in [-0.25, -0.2) is 4.79 Å². The second-order valence-electron chi connectivity index (χ2n) is 9.69. The molecule has 0 bridgehead atoms. The zero-order valence-electron chi connectivity index (χ0n) is 23.7. The lowest BCUT2D eigenvalue weighted by Gasteiger charge is -2.14. The molecular formula is C28H50N2O9. The predicted molar refractivity (Wildman–Crippen MR) is 146 cm³/mol. The standard InChI is InChI=1S/C28H50N2O9/c1-2-29-26(33)22-39-21-20-38-19-13-14-23(31)17-18-24(28(36)37)30-25(32)15-11-9-7-5-3-4-6-8-10-12-16-27(34)35/h24H,2-22H2,1H3,(H,29,33)(H,30,32)(H,34,35)(H,36,37)/t24-/m0/s1. The lowest BCUT2D eigenvalue weighted by atomic mass is 10.0. The van der Waals surface area contributed by atoms with E-state index in [1.54, 1.807) is 0 Å². The quantitative estimate of drug-likeness (QED) is 0.105. The van der Waals surface area contributed by atoms with Gasteiger partial charge in [0.05, 0.1) is 13.2 Å². The number of hydrogen-bond acceptors (Lipinski definition) is 7. The zero-order chi connectivity index (χ0) is 29.1. The molecule has 11 heteroatoms. The Hall–Kier alpha value is -2.53. The van der Waals surface area contributed by atoms with Gasteiger partial charge in [-0.05, 0) is 32.6 Å². The van der Waals surface area contributed by atoms with Crippen LogP contribution in [0.3, 0.4) is 0 Å². The number of ketones is 1. The van der Waals surface area contributed by atoms with Crippen LogP contribution in [0.1, 0.15) is 110 Å². The van der Waals surface area contributed by atoms with Crippen molar-refractivity contribution in [2.75, 3.05) is 33.0 Å². The van der Waals surface area contributed by atoms with Crippen LogP contribution in [0.15, 0.2) is 0 Å². The van der Waals surface area contributed by atoms with Crippen LogP contribution in [0.25, 0.3) is 0 Å². The smallest absolute Gasteiger partial charge is 0.326 e. The Kier molecular flexibility index (Phi) is 24.1. The van der Waals surface area contributed by atoms with Crippen molar-refractivity contribution in [3.63, 3.8) is 0 Å². The molecule has 0 spiro atoms. The lowest BCUT2D eigenvalue weighted by Crippen LogP contribution is -2.41. The molecule has 0 aliphatic rings. The summed E-state index contributed by atoms with van der Waals surface area (Å²) in [5.74, 6) is -2.44. The lowest BCUT2D eigenvalue weighted by molar-refractivity contribution is -0.142. The number of likely N-dealkylation sites (N-methyl/N-ethyl adjacent to an activating group) is 1. The molecule has 0 rings (SSSR count). The minimum absolute atomic E-state index is 0.0160. The zero-order valence-corrected chi connectivity index (χ0v) is 23.7. The summed E-state index contributed by atoms with van der Waals surface area (Å²) in [5.41, 5.74) is 0. The molecular weight excluding hydrogens is 508 g/mol. The molecule has 0 heterocycles. The Bertz CT molecular complexity index is 701. The maximum atomic E-state index is 12.1. The van der Waals surface area contributed by atoms with Crippen LogP contribution < -0.4 is 10.6 Å². The van der Waals surface area contributed by atoms with Crippen LogP contribution in [0.2, 0.25) is 0 Å². The summed E-state index contributed by atoms with van der Waals surface area (Å²) in [7, 11) is 0. The van der Waals surface area contributed by atoms with Crippen LogP contribution in [-0.2, 0) is 33.4 Å². The highest BCUT2D eigenvalue weighted by molar-refractivity contribution is 5.84. The maximum Gasteiger partial charge on any atom is 0.326 e. The summed E-state index contributed by atoms with van der Waals surface area (Å²) in [6, 6.07) is -1.07. The molecule has 0 aromatic rings. The molecule has 1 atom stereocenters. The Balaban J connectivity index is 3.75. The molecule has 39 heavy (non-hydrogen) atoms. The number of Topliss-reactive ketones (excluding diaryl/α,β-unsaturated/α-hetero) is 1. The van der Waals surface area contributed by atoms with E-state index in [4.69, 9.17) is 14.6 Å². The van der Waals surface area contributed by atoms with E-state index in [-0.39, 0.29) is 62.9 Å². The Labute approximate surface area is 232 Å². The number of hydrogen-bond donors (Lipinski definition) is 4. The SMILES string of the molecule is CCNC(=O)COCCOCCCC(=O)CC[C@H](NC(=O)CCCCCCCCCCCCC(=O)O)C(=O)O. The van der Waals surface area contributed by atoms with E-state index in [9.17, 15) is 29.1 Å². The molecule has 0 aliphatic heterocycles. The van der Waals surface area contributed by atoms with E-state index in [2.05, 4.69) is 10.6 Å². The van der Waals surface area contributed by atoms with Crippen molar-refractivity contribution >= 4 is 29.5 Å². The van der Waals surface area contributed by atoms with Gasteiger partial charge in [0.25, 0.3) is 0 Å². The normalized spacial score (nSPS) is 11.6. The molecule has 226 valence electrons. The summed E-state index contributed by atoms with van der Waals surface area (Å²) >= 11 is 0. The van der Waals surface area contributed by atoms with Gasteiger partial charge in [0, 0.05) is 38.8 Å². The van der Waals surface area contributed by atoms with Gasteiger partial charge in [-0.3, -0.25) is 19.2 Å². The molecule has 0 aliphatic carbocycles. The van der Waals surface area contributed by atoms with E-state index in [0.717, 1.165) is 57.8 Å². The minimum atomic E-state index is -1.14. The fourth-order valence-corrected chi connectivity index (χ4v) is 3.93. The Morgan fingerprint density at radius 1 is 0.641 bits per heavy atom. The van der Waals surface area contributed by atoms with Gasteiger partial charge >= 0.3 is 11.9 Å². The fraction of sp³-hybridized carbons (Fsp3) is 0.821. The number of unbranched alkanes of at least 4 members (excludes halogenated alkanes) is 9. The first-order valence-electron chi connectivity index (χ1n) is 14.4. The van der Waals surface area contributed by atoms with Gasteiger partial charge in [0.1, 0.15) is 18.4 Å². The highest BCUT2D eigenvalue weighted by atomic mass is 16.5. The van der Waals surface area contributed by atoms with Crippen molar-refractivity contribution in [3.8, 4) is 0 Å². The van der Waals surface area contributed by atoms with Crippen molar-refractivity contribution in [3.05, 3.63) is 0 Å². The topological polar surface area (TPSA) is 168 Å². The number of nitrogens with one attached hydrogen (secondary N) is 2. The predicted octanol–water partition coefficient (Wildman–Crippen LogP) is 3.62. The van der Waals surface area contributed by atoms with Crippen molar-refractivity contribution in [2.24, 2.45) is 0 Å². The van der Waals surface area contributed by atoms with Gasteiger partial charge in [-0.2, -0.15) is 0 Å². The number of carbonyl (C=O) groups is 5. The van der Waals surface area contributed by atoms with Crippen LogP contribution in [0.4, 0.5) is 0 Å². The average Bonchev–Trinajstić information content (AvgIpc) is 2.88. The van der Waals surface area contributed by atoms with Gasteiger partial charge in [0.15, 0.2) is 0 Å².